The van der Waals surface area contributed by atoms with Crippen LogP contribution >= 0.6 is 0 Å². The van der Waals surface area contributed by atoms with E-state index < -0.39 is 11.7 Å². The van der Waals surface area contributed by atoms with Crippen molar-refractivity contribution in [2.75, 3.05) is 16.8 Å². The number of hydrogen-bond acceptors (Lipinski definition) is 6. The lowest BCUT2D eigenvalue weighted by atomic mass is 10.1. The van der Waals surface area contributed by atoms with E-state index >= 15 is 0 Å². The first-order valence-electron chi connectivity index (χ1n) is 8.61. The number of rotatable bonds is 4. The normalized spacial score (nSPS) is 10.7. The van der Waals surface area contributed by atoms with Crippen LogP contribution in [0.15, 0.2) is 67.0 Å². The minimum atomic E-state index is -0.594. The maximum atomic E-state index is 14.2. The molecule has 0 fully saturated rings. The summed E-state index contributed by atoms with van der Waals surface area (Å²) in [4.78, 5) is 20.7. The molecule has 0 unspecified atom stereocenters. The molecule has 9 heteroatoms. The van der Waals surface area contributed by atoms with Crippen molar-refractivity contribution in [3.05, 3.63) is 78.4 Å². The van der Waals surface area contributed by atoms with E-state index in [1.165, 1.54) is 18.2 Å². The topological polar surface area (TPSA) is 125 Å². The Kier molecular flexibility index (Phi) is 4.62. The molecule has 2 heterocycles. The van der Waals surface area contributed by atoms with Crippen LogP contribution in [-0.4, -0.2) is 25.7 Å². The summed E-state index contributed by atoms with van der Waals surface area (Å²) < 4.78 is 15.8. The van der Waals surface area contributed by atoms with Crippen molar-refractivity contribution in [3.8, 4) is 16.9 Å². The molecule has 2 aromatic heterocycles. The SMILES string of the molecule is Nc1cc(-c2cc(F)cc(C(=O)Nc3ccccc3-n3cccn3)c2)nc(N)n1. The van der Waals surface area contributed by atoms with Crippen molar-refractivity contribution in [1.29, 1.82) is 0 Å². The molecule has 2 aromatic carbocycles. The van der Waals surface area contributed by atoms with E-state index in [-0.39, 0.29) is 17.3 Å². The Morgan fingerprint density at radius 2 is 1.86 bits per heavy atom. The third kappa shape index (κ3) is 3.88. The standard InChI is InChI=1S/C20H16FN7O/c21-14-9-12(16-11-18(22)27-20(23)26-16)8-13(10-14)19(29)25-15-4-1-2-5-17(15)28-7-3-6-24-28/h1-11H,(H,25,29)(H4,22,23,26,27). The molecule has 144 valence electrons. The molecule has 1 amide bonds. The van der Waals surface area contributed by atoms with Gasteiger partial charge in [0.05, 0.1) is 17.1 Å². The number of carbonyl (C=O) groups excluding carboxylic acids is 1. The number of nitrogens with zero attached hydrogens (tertiary/aromatic N) is 4. The first kappa shape index (κ1) is 18.1. The number of aromatic nitrogens is 4. The second-order valence-electron chi connectivity index (χ2n) is 6.19. The Morgan fingerprint density at radius 3 is 2.62 bits per heavy atom. The second-order valence-corrected chi connectivity index (χ2v) is 6.19. The number of carbonyl (C=O) groups is 1. The van der Waals surface area contributed by atoms with Gasteiger partial charge in [-0.3, -0.25) is 4.79 Å². The summed E-state index contributed by atoms with van der Waals surface area (Å²) >= 11 is 0. The van der Waals surface area contributed by atoms with Crippen molar-refractivity contribution in [2.45, 2.75) is 0 Å². The van der Waals surface area contributed by atoms with Crippen LogP contribution in [0.25, 0.3) is 16.9 Å². The zero-order chi connectivity index (χ0) is 20.4. The Hall–Kier alpha value is -4.27. The lowest BCUT2D eigenvalue weighted by Crippen LogP contribution is -2.14. The van der Waals surface area contributed by atoms with Crippen LogP contribution in [0.5, 0.6) is 0 Å². The molecular weight excluding hydrogens is 373 g/mol. The number of benzene rings is 2. The van der Waals surface area contributed by atoms with Gasteiger partial charge in [-0.15, -0.1) is 0 Å². The highest BCUT2D eigenvalue weighted by atomic mass is 19.1. The smallest absolute Gasteiger partial charge is 0.255 e. The highest BCUT2D eigenvalue weighted by molar-refractivity contribution is 6.05. The van der Waals surface area contributed by atoms with E-state index in [0.29, 0.717) is 22.6 Å². The van der Waals surface area contributed by atoms with E-state index in [4.69, 9.17) is 11.5 Å². The largest absolute Gasteiger partial charge is 0.384 e. The molecule has 4 aromatic rings. The zero-order valence-corrected chi connectivity index (χ0v) is 15.1. The van der Waals surface area contributed by atoms with Crippen molar-refractivity contribution in [2.24, 2.45) is 0 Å². The fraction of sp³-hybridized carbons (Fsp3) is 0. The number of amides is 1. The van der Waals surface area contributed by atoms with Crippen LogP contribution in [0, 0.1) is 5.82 Å². The van der Waals surface area contributed by atoms with Crippen LogP contribution in [0.2, 0.25) is 0 Å². The Morgan fingerprint density at radius 1 is 1.03 bits per heavy atom. The maximum absolute atomic E-state index is 14.2. The molecule has 4 rings (SSSR count). The van der Waals surface area contributed by atoms with Crippen LogP contribution in [0.1, 0.15) is 10.4 Å². The average Bonchev–Trinajstić information content (AvgIpc) is 3.22. The number of nitrogens with two attached hydrogens (primary N) is 2. The summed E-state index contributed by atoms with van der Waals surface area (Å²) in [5.74, 6) is -0.969. The van der Waals surface area contributed by atoms with E-state index in [1.807, 2.05) is 12.1 Å². The summed E-state index contributed by atoms with van der Waals surface area (Å²) in [5, 5.41) is 6.97. The van der Waals surface area contributed by atoms with Gasteiger partial charge in [0.1, 0.15) is 11.6 Å². The molecule has 0 spiro atoms. The summed E-state index contributed by atoms with van der Waals surface area (Å²) in [6, 6.07) is 14.3. The fourth-order valence-corrected chi connectivity index (χ4v) is 2.89. The molecule has 0 saturated heterocycles. The summed E-state index contributed by atoms with van der Waals surface area (Å²) in [6.07, 6.45) is 3.39. The van der Waals surface area contributed by atoms with Gasteiger partial charge in [0.25, 0.3) is 5.91 Å². The van der Waals surface area contributed by atoms with Crippen LogP contribution in [0.4, 0.5) is 21.8 Å². The molecule has 0 radical (unpaired) electrons. The monoisotopic (exact) mass is 389 g/mol. The number of nitrogen functional groups attached to an aromatic ring is 2. The van der Waals surface area contributed by atoms with E-state index in [0.717, 1.165) is 6.07 Å². The predicted molar refractivity (Wildman–Crippen MR) is 108 cm³/mol. The fourth-order valence-electron chi connectivity index (χ4n) is 2.89. The highest BCUT2D eigenvalue weighted by Crippen LogP contribution is 2.24. The van der Waals surface area contributed by atoms with Gasteiger partial charge in [-0.05, 0) is 36.4 Å². The second kappa shape index (κ2) is 7.39. The van der Waals surface area contributed by atoms with Gasteiger partial charge in [-0.1, -0.05) is 12.1 Å². The van der Waals surface area contributed by atoms with Gasteiger partial charge in [0, 0.05) is 29.6 Å². The van der Waals surface area contributed by atoms with Gasteiger partial charge in [-0.2, -0.15) is 10.1 Å². The minimum Gasteiger partial charge on any atom is -0.384 e. The lowest BCUT2D eigenvalue weighted by molar-refractivity contribution is 0.102. The van der Waals surface area contributed by atoms with Crippen molar-refractivity contribution in [1.82, 2.24) is 19.7 Å². The number of anilines is 3. The number of halogens is 1. The van der Waals surface area contributed by atoms with Gasteiger partial charge >= 0.3 is 0 Å². The van der Waals surface area contributed by atoms with E-state index in [1.54, 1.807) is 35.3 Å². The number of hydrogen-bond donors (Lipinski definition) is 3. The van der Waals surface area contributed by atoms with Crippen molar-refractivity contribution < 1.29 is 9.18 Å². The molecule has 29 heavy (non-hydrogen) atoms. The third-order valence-corrected chi connectivity index (χ3v) is 4.12. The molecule has 8 nitrogen and oxygen atoms in total. The first-order chi connectivity index (χ1) is 14.0. The van der Waals surface area contributed by atoms with Crippen LogP contribution in [-0.2, 0) is 0 Å². The average molecular weight is 389 g/mol. The molecule has 0 bridgehead atoms. The quantitative estimate of drug-likeness (QED) is 0.493. The lowest BCUT2D eigenvalue weighted by Gasteiger charge is -2.12. The van der Waals surface area contributed by atoms with Gasteiger partial charge in [0.2, 0.25) is 5.95 Å². The van der Waals surface area contributed by atoms with Crippen LogP contribution in [0.3, 0.4) is 0 Å². The number of nitrogens with one attached hydrogen (secondary N) is 1. The Bertz CT molecular complexity index is 1170. The molecule has 0 atom stereocenters. The zero-order valence-electron chi connectivity index (χ0n) is 15.1. The van der Waals surface area contributed by atoms with Crippen molar-refractivity contribution >= 4 is 23.4 Å². The Balaban J connectivity index is 1.68. The summed E-state index contributed by atoms with van der Waals surface area (Å²) in [7, 11) is 0. The molecular formula is C20H16FN7O. The first-order valence-corrected chi connectivity index (χ1v) is 8.61. The molecule has 0 aliphatic heterocycles. The summed E-state index contributed by atoms with van der Waals surface area (Å²) in [5.41, 5.74) is 13.3. The minimum absolute atomic E-state index is 0.0385. The summed E-state index contributed by atoms with van der Waals surface area (Å²) in [6.45, 7) is 0. The Labute approximate surface area is 165 Å². The van der Waals surface area contributed by atoms with Crippen LogP contribution < -0.4 is 16.8 Å². The van der Waals surface area contributed by atoms with Gasteiger partial charge in [0.15, 0.2) is 0 Å². The molecule has 0 aliphatic rings. The molecule has 0 saturated carbocycles. The predicted octanol–water partition coefficient (Wildman–Crippen LogP) is 2.89. The maximum Gasteiger partial charge on any atom is 0.255 e. The number of para-hydroxylation sites is 2. The molecule has 0 aliphatic carbocycles. The van der Waals surface area contributed by atoms with Gasteiger partial charge in [-0.25, -0.2) is 14.1 Å². The van der Waals surface area contributed by atoms with E-state index in [2.05, 4.69) is 20.4 Å². The van der Waals surface area contributed by atoms with Gasteiger partial charge < -0.3 is 16.8 Å². The molecule has 5 N–H and O–H groups in total. The third-order valence-electron chi connectivity index (χ3n) is 4.12. The highest BCUT2D eigenvalue weighted by Gasteiger charge is 2.14. The van der Waals surface area contributed by atoms with Crippen molar-refractivity contribution in [3.63, 3.8) is 0 Å². The van der Waals surface area contributed by atoms with E-state index in [9.17, 15) is 9.18 Å².